The minimum atomic E-state index is -3.26. The summed E-state index contributed by atoms with van der Waals surface area (Å²) >= 11 is 0. The summed E-state index contributed by atoms with van der Waals surface area (Å²) in [5.74, 6) is -0.675. The van der Waals surface area contributed by atoms with Crippen LogP contribution in [0.25, 0.3) is 10.8 Å². The van der Waals surface area contributed by atoms with Gasteiger partial charge in [-0.3, -0.25) is 14.5 Å². The summed E-state index contributed by atoms with van der Waals surface area (Å²) in [6, 6.07) is 11.2. The number of nitrogens with zero attached hydrogens (tertiary/aromatic N) is 3. The molecule has 2 heterocycles. The first-order valence-electron chi connectivity index (χ1n) is 10.2. The second kappa shape index (κ2) is 7.56. The molecule has 2 aromatic rings. The van der Waals surface area contributed by atoms with Gasteiger partial charge in [0.15, 0.2) is 9.99 Å². The quantitative estimate of drug-likeness (QED) is 0.751. The number of benzene rings is 2. The number of rotatable bonds is 3. The van der Waals surface area contributed by atoms with E-state index in [9.17, 15) is 18.4 Å². The lowest BCUT2D eigenvalue weighted by Gasteiger charge is -2.19. The van der Waals surface area contributed by atoms with Crippen LogP contribution in [-0.2, 0) is 14.8 Å². The van der Waals surface area contributed by atoms with Crippen LogP contribution in [0.4, 0.5) is 5.69 Å². The molecule has 1 fully saturated rings. The zero-order valence-electron chi connectivity index (χ0n) is 16.7. The molecule has 0 saturated carbocycles. The Morgan fingerprint density at radius 1 is 1.03 bits per heavy atom. The van der Waals surface area contributed by atoms with Crippen molar-refractivity contribution in [1.82, 2.24) is 4.31 Å². The molecule has 31 heavy (non-hydrogen) atoms. The molecule has 0 aromatic heterocycles. The Balaban J connectivity index is 1.35. The normalized spacial score (nSPS) is 20.0. The van der Waals surface area contributed by atoms with Crippen molar-refractivity contribution in [2.45, 2.75) is 12.8 Å². The Labute approximate surface area is 180 Å². The van der Waals surface area contributed by atoms with E-state index in [1.165, 1.54) is 17.1 Å². The maximum atomic E-state index is 12.8. The minimum Gasteiger partial charge on any atom is -0.302 e. The van der Waals surface area contributed by atoms with E-state index >= 15 is 0 Å². The highest BCUT2D eigenvalue weighted by Crippen LogP contribution is 2.36. The van der Waals surface area contributed by atoms with Crippen molar-refractivity contribution in [2.24, 2.45) is 4.99 Å². The van der Waals surface area contributed by atoms with E-state index in [0.29, 0.717) is 34.9 Å². The molecule has 0 spiro atoms. The highest BCUT2D eigenvalue weighted by Gasteiger charge is 2.31. The second-order valence-corrected chi connectivity index (χ2v) is 9.69. The maximum absolute atomic E-state index is 12.8. The smallest absolute Gasteiger partial charge is 0.266 e. The van der Waals surface area contributed by atoms with Crippen LogP contribution in [-0.4, -0.2) is 55.1 Å². The largest absolute Gasteiger partial charge is 0.302 e. The number of anilines is 1. The zero-order chi connectivity index (χ0) is 21.6. The number of allylic oxidation sites excluding steroid dienone is 4. The summed E-state index contributed by atoms with van der Waals surface area (Å²) in [7, 11) is -3.26. The van der Waals surface area contributed by atoms with Crippen molar-refractivity contribution in [3.05, 3.63) is 66.3 Å². The van der Waals surface area contributed by atoms with E-state index in [1.54, 1.807) is 22.5 Å². The highest BCUT2D eigenvalue weighted by molar-refractivity contribution is 7.95. The Morgan fingerprint density at radius 2 is 1.71 bits per heavy atom. The van der Waals surface area contributed by atoms with E-state index in [-0.39, 0.29) is 12.5 Å². The van der Waals surface area contributed by atoms with Crippen LogP contribution < -0.4 is 4.90 Å². The summed E-state index contributed by atoms with van der Waals surface area (Å²) in [6.07, 6.45) is 7.99. The summed E-state index contributed by atoms with van der Waals surface area (Å²) < 4.78 is 24.8. The average molecular weight is 436 g/mol. The van der Waals surface area contributed by atoms with Crippen LogP contribution in [0.2, 0.25) is 0 Å². The standard InChI is InChI=1S/C23H21N3O4S/c27-21(15-26-20-8-4-6-16-5-3-7-19(22(16)20)23(26)28)24-17-9-11-18(12-10-17)31(29,30)25-13-1-2-14-25/h3-12H,1-2,13-15H2,(H,29,30). The lowest BCUT2D eigenvalue weighted by Crippen LogP contribution is -2.32. The van der Waals surface area contributed by atoms with Crippen LogP contribution in [0.5, 0.6) is 0 Å². The van der Waals surface area contributed by atoms with Crippen molar-refractivity contribution < 1.29 is 18.4 Å². The van der Waals surface area contributed by atoms with Crippen molar-refractivity contribution in [2.75, 3.05) is 24.5 Å². The molecule has 1 saturated heterocycles. The third kappa shape index (κ3) is 3.42. The van der Waals surface area contributed by atoms with Crippen molar-refractivity contribution >= 4 is 48.8 Å². The van der Waals surface area contributed by atoms with Gasteiger partial charge in [0, 0.05) is 24.0 Å². The Morgan fingerprint density at radius 3 is 2.42 bits per heavy atom. The first kappa shape index (κ1) is 19.9. The molecule has 158 valence electrons. The van der Waals surface area contributed by atoms with E-state index in [1.807, 2.05) is 30.3 Å². The molecule has 2 amide bonds. The predicted octanol–water partition coefficient (Wildman–Crippen LogP) is 2.83. The summed E-state index contributed by atoms with van der Waals surface area (Å²) in [5.41, 5.74) is 1.68. The molecule has 7 nitrogen and oxygen atoms in total. The molecule has 8 heteroatoms. The molecule has 5 rings (SSSR count). The molecule has 1 N–H and O–H groups in total. The van der Waals surface area contributed by atoms with Gasteiger partial charge in [0.2, 0.25) is 0 Å². The molecule has 1 unspecified atom stereocenters. The van der Waals surface area contributed by atoms with E-state index in [0.717, 1.165) is 23.6 Å². The number of carbonyl (C=O) groups is 2. The van der Waals surface area contributed by atoms with Gasteiger partial charge >= 0.3 is 0 Å². The number of hydrogen-bond donors (Lipinski definition) is 1. The van der Waals surface area contributed by atoms with Crippen LogP contribution in [0.15, 0.2) is 65.7 Å². The van der Waals surface area contributed by atoms with Gasteiger partial charge in [-0.15, -0.1) is 0 Å². The average Bonchev–Trinajstić information content (AvgIpc) is 3.40. The number of carbonyl (C=O) groups excluding carboxylic acids is 2. The van der Waals surface area contributed by atoms with Gasteiger partial charge in [0.1, 0.15) is 6.54 Å². The molecule has 3 aliphatic rings. The third-order valence-corrected chi connectivity index (χ3v) is 7.71. The molecule has 0 radical (unpaired) electrons. The first-order chi connectivity index (χ1) is 14.9. The van der Waals surface area contributed by atoms with E-state index in [4.69, 9.17) is 0 Å². The molecule has 1 atom stereocenters. The monoisotopic (exact) mass is 435 g/mol. The van der Waals surface area contributed by atoms with Gasteiger partial charge in [0.25, 0.3) is 11.8 Å². The molecular weight excluding hydrogens is 414 g/mol. The predicted molar refractivity (Wildman–Crippen MR) is 123 cm³/mol. The molecule has 1 aliphatic carbocycles. The van der Waals surface area contributed by atoms with Crippen LogP contribution in [0, 0.1) is 0 Å². The van der Waals surface area contributed by atoms with E-state index in [2.05, 4.69) is 4.99 Å². The van der Waals surface area contributed by atoms with Gasteiger partial charge in [-0.2, -0.15) is 0 Å². The lowest BCUT2D eigenvalue weighted by atomic mass is 10.1. The van der Waals surface area contributed by atoms with Gasteiger partial charge in [-0.05, 0) is 54.7 Å². The molecule has 0 bridgehead atoms. The molecular formula is C23H21N3O4S. The fourth-order valence-electron chi connectivity index (χ4n) is 4.23. The summed E-state index contributed by atoms with van der Waals surface area (Å²) in [4.78, 5) is 31.3. The van der Waals surface area contributed by atoms with Crippen molar-refractivity contribution in [3.8, 4) is 0 Å². The van der Waals surface area contributed by atoms with Crippen molar-refractivity contribution in [1.29, 1.82) is 0 Å². The number of aliphatic imine (C=N–C) groups is 1. The van der Waals surface area contributed by atoms with Gasteiger partial charge in [-0.25, -0.2) is 13.5 Å². The molecule has 2 aliphatic heterocycles. The minimum absolute atomic E-state index is 0.168. The number of amides is 2. The summed E-state index contributed by atoms with van der Waals surface area (Å²) in [5, 5.41) is 1.81. The lowest BCUT2D eigenvalue weighted by molar-refractivity contribution is -0.116. The summed E-state index contributed by atoms with van der Waals surface area (Å²) in [6.45, 7) is 1.02. The fraction of sp³-hybridized carbons (Fsp3) is 0.217. The Kier molecular flexibility index (Phi) is 4.85. The second-order valence-electron chi connectivity index (χ2n) is 7.70. The zero-order valence-corrected chi connectivity index (χ0v) is 17.5. The highest BCUT2D eigenvalue weighted by atomic mass is 32.2. The number of hydrogen-bond acceptors (Lipinski definition) is 3. The fourth-order valence-corrected chi connectivity index (χ4v) is 5.78. The SMILES string of the molecule is O=C(CN1C(=O)c2cccc3cccc1c23)N=C1C=CC(=S(=O)(O)N2CCCC2)C=C1. The van der Waals surface area contributed by atoms with Crippen LogP contribution >= 0.6 is 0 Å². The van der Waals surface area contributed by atoms with Crippen LogP contribution in [0.1, 0.15) is 23.2 Å². The van der Waals surface area contributed by atoms with E-state index < -0.39 is 15.9 Å². The first-order valence-corrected chi connectivity index (χ1v) is 11.6. The van der Waals surface area contributed by atoms with Gasteiger partial charge in [-0.1, -0.05) is 24.3 Å². The topological polar surface area (TPSA) is 90.3 Å². The van der Waals surface area contributed by atoms with Gasteiger partial charge in [0.05, 0.1) is 16.3 Å². The van der Waals surface area contributed by atoms with Crippen molar-refractivity contribution in [3.63, 3.8) is 0 Å². The molecule has 2 aromatic carbocycles. The van der Waals surface area contributed by atoms with Gasteiger partial charge < -0.3 is 4.55 Å². The Hall–Kier alpha value is -3.07. The Bertz CT molecular complexity index is 1300. The van der Waals surface area contributed by atoms with Crippen LogP contribution in [0.3, 0.4) is 0 Å². The third-order valence-electron chi connectivity index (χ3n) is 5.76. The maximum Gasteiger partial charge on any atom is 0.266 e.